The van der Waals surface area contributed by atoms with Crippen molar-refractivity contribution in [1.29, 1.82) is 0 Å². The summed E-state index contributed by atoms with van der Waals surface area (Å²) < 4.78 is 17.0. The van der Waals surface area contributed by atoms with Gasteiger partial charge in [0.15, 0.2) is 5.60 Å². The van der Waals surface area contributed by atoms with Crippen LogP contribution in [0.1, 0.15) is 26.3 Å². The summed E-state index contributed by atoms with van der Waals surface area (Å²) in [6.45, 7) is 5.19. The first-order valence-corrected chi connectivity index (χ1v) is 10.7. The fourth-order valence-corrected chi connectivity index (χ4v) is 3.62. The van der Waals surface area contributed by atoms with Crippen LogP contribution in [0.25, 0.3) is 0 Å². The van der Waals surface area contributed by atoms with Crippen LogP contribution in [0.2, 0.25) is 0 Å². The van der Waals surface area contributed by atoms with Crippen LogP contribution < -0.4 is 19.7 Å². The number of alkyl carbamates (subject to hydrolysis) is 1. The Balaban J connectivity index is 1.69. The topological polar surface area (TPSA) is 94.2 Å². The van der Waals surface area contributed by atoms with Gasteiger partial charge in [-0.15, -0.1) is 0 Å². The molecule has 1 N–H and O–H groups in total. The van der Waals surface area contributed by atoms with E-state index in [1.807, 2.05) is 52.9 Å². The van der Waals surface area contributed by atoms with Gasteiger partial charge in [-0.05, 0) is 48.1 Å². The Morgan fingerprint density at radius 1 is 1.19 bits per heavy atom. The molecule has 1 heterocycles. The number of halogens is 1. The minimum absolute atomic E-state index is 0.156. The van der Waals surface area contributed by atoms with Crippen molar-refractivity contribution >= 4 is 46.2 Å². The van der Waals surface area contributed by atoms with Gasteiger partial charge in [-0.2, -0.15) is 0 Å². The molecule has 0 fully saturated rings. The van der Waals surface area contributed by atoms with E-state index in [2.05, 4.69) is 5.32 Å². The van der Waals surface area contributed by atoms with Crippen molar-refractivity contribution in [3.8, 4) is 11.5 Å². The molecular formula is C22H23IN2O6. The van der Waals surface area contributed by atoms with Crippen molar-refractivity contribution in [2.24, 2.45) is 0 Å². The highest BCUT2D eigenvalue weighted by Gasteiger charge is 2.41. The largest absolute Gasteiger partial charge is 0.476 e. The molecule has 1 aliphatic rings. The summed E-state index contributed by atoms with van der Waals surface area (Å²) in [5, 5.41) is 2.65. The lowest BCUT2D eigenvalue weighted by atomic mass is 10.0. The van der Waals surface area contributed by atoms with Gasteiger partial charge < -0.3 is 24.4 Å². The minimum atomic E-state index is -1.08. The highest BCUT2D eigenvalue weighted by Crippen LogP contribution is 2.42. The van der Waals surface area contributed by atoms with Gasteiger partial charge in [0.1, 0.15) is 18.1 Å². The lowest BCUT2D eigenvalue weighted by molar-refractivity contribution is -0.132. The van der Waals surface area contributed by atoms with Crippen molar-refractivity contribution in [3.05, 3.63) is 51.6 Å². The van der Waals surface area contributed by atoms with Crippen LogP contribution in [0.5, 0.6) is 11.5 Å². The zero-order valence-corrected chi connectivity index (χ0v) is 19.6. The molecule has 0 saturated carbocycles. The summed E-state index contributed by atoms with van der Waals surface area (Å²) in [7, 11) is 0. The molecule has 8 nitrogen and oxygen atoms in total. The Hall–Kier alpha value is -2.82. The highest BCUT2D eigenvalue weighted by molar-refractivity contribution is 14.1. The zero-order valence-electron chi connectivity index (χ0n) is 17.4. The van der Waals surface area contributed by atoms with Crippen LogP contribution in [0.3, 0.4) is 0 Å². The van der Waals surface area contributed by atoms with Crippen molar-refractivity contribution in [2.45, 2.75) is 33.0 Å². The number of hydrogen-bond acceptors (Lipinski definition) is 6. The van der Waals surface area contributed by atoms with Crippen LogP contribution in [0.15, 0.2) is 42.5 Å². The summed E-state index contributed by atoms with van der Waals surface area (Å²) >= 11 is 2.04. The average molecular weight is 538 g/mol. The summed E-state index contributed by atoms with van der Waals surface area (Å²) in [5.74, 6) is 0.102. The Morgan fingerprint density at radius 3 is 2.58 bits per heavy atom. The Morgan fingerprint density at radius 2 is 1.90 bits per heavy atom. The van der Waals surface area contributed by atoms with E-state index in [1.165, 1.54) is 11.8 Å². The maximum atomic E-state index is 13.0. The molecular weight excluding hydrogens is 515 g/mol. The molecule has 0 radical (unpaired) electrons. The van der Waals surface area contributed by atoms with Crippen LogP contribution in [-0.4, -0.2) is 36.7 Å². The van der Waals surface area contributed by atoms with E-state index in [9.17, 15) is 14.4 Å². The fraction of sp³-hybridized carbons (Fsp3) is 0.318. The van der Waals surface area contributed by atoms with E-state index >= 15 is 0 Å². The Kier molecular flexibility index (Phi) is 7.04. The highest BCUT2D eigenvalue weighted by atomic mass is 127. The van der Waals surface area contributed by atoms with Crippen molar-refractivity contribution < 1.29 is 28.6 Å². The number of ether oxygens (including phenoxy) is 3. The van der Waals surface area contributed by atoms with Gasteiger partial charge in [0, 0.05) is 26.1 Å². The van der Waals surface area contributed by atoms with E-state index in [0.717, 1.165) is 5.56 Å². The van der Waals surface area contributed by atoms with E-state index < -0.39 is 17.7 Å². The van der Waals surface area contributed by atoms with E-state index in [0.29, 0.717) is 20.8 Å². The summed E-state index contributed by atoms with van der Waals surface area (Å²) in [6.07, 6.45) is -0.577. The van der Waals surface area contributed by atoms with Crippen LogP contribution in [0, 0.1) is 3.57 Å². The standard InChI is InChI=1S/C22H23IN2O6/c1-14(26)30-18-12-17-19(11-16(18)23)31-22(2,3)20(27)25(17)10-9-24-21(28)29-13-15-7-5-4-6-8-15/h4-8,11-12H,9-10,13H2,1-3H3,(H,24,28). The Bertz CT molecular complexity index is 993. The van der Waals surface area contributed by atoms with Crippen molar-refractivity contribution in [3.63, 3.8) is 0 Å². The van der Waals surface area contributed by atoms with Gasteiger partial charge >= 0.3 is 12.1 Å². The third-order valence-electron chi connectivity index (χ3n) is 4.50. The molecule has 0 unspecified atom stereocenters. The number of nitrogens with one attached hydrogen (secondary N) is 1. The number of nitrogens with zero attached hydrogens (tertiary/aromatic N) is 1. The molecule has 0 saturated heterocycles. The monoisotopic (exact) mass is 538 g/mol. The van der Waals surface area contributed by atoms with Crippen LogP contribution in [0.4, 0.5) is 10.5 Å². The smallest absolute Gasteiger partial charge is 0.407 e. The van der Waals surface area contributed by atoms with Gasteiger partial charge in [0.2, 0.25) is 0 Å². The molecule has 164 valence electrons. The molecule has 0 aliphatic carbocycles. The number of amides is 2. The number of rotatable bonds is 6. The van der Waals surface area contributed by atoms with Gasteiger partial charge in [-0.25, -0.2) is 4.79 Å². The number of hydrogen-bond donors (Lipinski definition) is 1. The maximum Gasteiger partial charge on any atom is 0.407 e. The third-order valence-corrected chi connectivity index (χ3v) is 5.34. The van der Waals surface area contributed by atoms with Gasteiger partial charge in [-0.1, -0.05) is 30.3 Å². The van der Waals surface area contributed by atoms with Gasteiger partial charge in [0.05, 0.1) is 9.26 Å². The number of carbonyl (C=O) groups is 3. The predicted molar refractivity (Wildman–Crippen MR) is 122 cm³/mol. The number of fused-ring (bicyclic) bond motifs is 1. The first-order valence-electron chi connectivity index (χ1n) is 9.65. The lowest BCUT2D eigenvalue weighted by Gasteiger charge is -2.39. The SMILES string of the molecule is CC(=O)Oc1cc2c(cc1I)OC(C)(C)C(=O)N2CCNC(=O)OCc1ccccc1. The third kappa shape index (κ3) is 5.66. The van der Waals surface area contributed by atoms with Gasteiger partial charge in [0.25, 0.3) is 5.91 Å². The second-order valence-electron chi connectivity index (χ2n) is 7.40. The molecule has 3 rings (SSSR count). The lowest BCUT2D eigenvalue weighted by Crippen LogP contribution is -2.54. The second-order valence-corrected chi connectivity index (χ2v) is 8.56. The predicted octanol–water partition coefficient (Wildman–Crippen LogP) is 3.65. The molecule has 9 heteroatoms. The number of esters is 1. The van der Waals surface area contributed by atoms with Crippen LogP contribution >= 0.6 is 22.6 Å². The minimum Gasteiger partial charge on any atom is -0.476 e. The maximum absolute atomic E-state index is 13.0. The molecule has 2 aromatic rings. The average Bonchev–Trinajstić information content (AvgIpc) is 2.71. The Labute approximate surface area is 194 Å². The molecule has 2 amide bonds. The summed E-state index contributed by atoms with van der Waals surface area (Å²) in [6, 6.07) is 12.7. The molecule has 1 aliphatic heterocycles. The van der Waals surface area contributed by atoms with Crippen LogP contribution in [-0.2, 0) is 20.9 Å². The first kappa shape index (κ1) is 22.9. The van der Waals surface area contributed by atoms with E-state index in [1.54, 1.807) is 26.0 Å². The molecule has 0 atom stereocenters. The number of benzene rings is 2. The van der Waals surface area contributed by atoms with Crippen molar-refractivity contribution in [1.82, 2.24) is 5.32 Å². The summed E-state index contributed by atoms with van der Waals surface area (Å²) in [4.78, 5) is 37.9. The van der Waals surface area contributed by atoms with Gasteiger partial charge in [-0.3, -0.25) is 9.59 Å². The molecule has 0 bridgehead atoms. The zero-order chi connectivity index (χ0) is 22.6. The molecule has 31 heavy (non-hydrogen) atoms. The van der Waals surface area contributed by atoms with E-state index in [4.69, 9.17) is 14.2 Å². The number of anilines is 1. The quantitative estimate of drug-likeness (QED) is 0.343. The number of carbonyl (C=O) groups excluding carboxylic acids is 3. The fourth-order valence-electron chi connectivity index (χ4n) is 3.07. The molecule has 0 spiro atoms. The van der Waals surface area contributed by atoms with E-state index in [-0.39, 0.29) is 25.6 Å². The second kappa shape index (κ2) is 9.54. The molecule has 2 aromatic carbocycles. The normalized spacial score (nSPS) is 14.3. The summed E-state index contributed by atoms with van der Waals surface area (Å²) in [5.41, 5.74) is 0.275. The van der Waals surface area contributed by atoms with Crippen molar-refractivity contribution in [2.75, 3.05) is 18.0 Å². The first-order chi connectivity index (χ1) is 14.7. The molecule has 0 aromatic heterocycles.